The lowest BCUT2D eigenvalue weighted by molar-refractivity contribution is -0.0224. The third-order valence-corrected chi connectivity index (χ3v) is 4.37. The zero-order chi connectivity index (χ0) is 11.8. The third kappa shape index (κ3) is 2.62. The van der Waals surface area contributed by atoms with Crippen molar-refractivity contribution in [2.24, 2.45) is 0 Å². The van der Waals surface area contributed by atoms with Gasteiger partial charge in [-0.1, -0.05) is 0 Å². The average Bonchev–Trinajstić information content (AvgIpc) is 2.43. The van der Waals surface area contributed by atoms with Crippen LogP contribution in [0.5, 0.6) is 0 Å². The van der Waals surface area contributed by atoms with Gasteiger partial charge in [0.2, 0.25) is 0 Å². The molecule has 1 unspecified atom stereocenters. The summed E-state index contributed by atoms with van der Waals surface area (Å²) in [6.07, 6.45) is 2.68. The summed E-state index contributed by atoms with van der Waals surface area (Å²) >= 11 is 1.72. The molecule has 0 amide bonds. The van der Waals surface area contributed by atoms with Crippen molar-refractivity contribution in [3.05, 3.63) is 15.6 Å². The van der Waals surface area contributed by atoms with Gasteiger partial charge in [0.15, 0.2) is 0 Å². The summed E-state index contributed by atoms with van der Waals surface area (Å²) in [6.45, 7) is 5.99. The maximum atomic E-state index is 10.5. The van der Waals surface area contributed by atoms with Crippen molar-refractivity contribution in [2.75, 3.05) is 20.1 Å². The van der Waals surface area contributed by atoms with Crippen LogP contribution in [0.1, 0.15) is 28.4 Å². The zero-order valence-electron chi connectivity index (χ0n) is 10.3. The first-order valence-electron chi connectivity index (χ1n) is 5.82. The quantitative estimate of drug-likeness (QED) is 0.856. The van der Waals surface area contributed by atoms with E-state index in [1.807, 2.05) is 6.92 Å². The van der Waals surface area contributed by atoms with Crippen LogP contribution in [0.25, 0.3) is 0 Å². The number of aromatic nitrogens is 1. The average molecular weight is 240 g/mol. The smallest absolute Gasteiger partial charge is 0.0960 e. The fourth-order valence-electron chi connectivity index (χ4n) is 2.38. The lowest BCUT2D eigenvalue weighted by Gasteiger charge is -2.36. The number of piperidine rings is 1. The van der Waals surface area contributed by atoms with Crippen LogP contribution in [-0.2, 0) is 6.42 Å². The van der Waals surface area contributed by atoms with Crippen molar-refractivity contribution < 1.29 is 5.11 Å². The van der Waals surface area contributed by atoms with Gasteiger partial charge in [-0.2, -0.15) is 0 Å². The maximum absolute atomic E-state index is 10.5. The Bertz CT molecular complexity index is 358. The molecule has 0 aliphatic carbocycles. The van der Waals surface area contributed by atoms with Crippen LogP contribution in [-0.4, -0.2) is 40.7 Å². The molecule has 1 atom stereocenters. The molecule has 2 rings (SSSR count). The molecule has 0 radical (unpaired) electrons. The van der Waals surface area contributed by atoms with Gasteiger partial charge in [0.1, 0.15) is 0 Å². The Hall–Kier alpha value is -0.450. The fourth-order valence-corrected chi connectivity index (χ4v) is 3.45. The van der Waals surface area contributed by atoms with Gasteiger partial charge >= 0.3 is 0 Å². The van der Waals surface area contributed by atoms with E-state index in [0.717, 1.165) is 36.6 Å². The van der Waals surface area contributed by atoms with E-state index in [9.17, 15) is 5.11 Å². The molecule has 3 nitrogen and oxygen atoms in total. The first kappa shape index (κ1) is 12.0. The van der Waals surface area contributed by atoms with Gasteiger partial charge in [0.25, 0.3) is 0 Å². The molecule has 1 aromatic heterocycles. The Morgan fingerprint density at radius 1 is 1.50 bits per heavy atom. The number of nitrogens with zero attached hydrogens (tertiary/aromatic N) is 2. The summed E-state index contributed by atoms with van der Waals surface area (Å²) in [5.41, 5.74) is 0.539. The minimum Gasteiger partial charge on any atom is -0.388 e. The number of thiazole rings is 1. The molecule has 0 bridgehead atoms. The molecule has 4 heteroatoms. The molecule has 0 aromatic carbocycles. The number of aliphatic hydroxyl groups is 1. The molecular formula is C12H20N2OS. The summed E-state index contributed by atoms with van der Waals surface area (Å²) in [7, 11) is 2.07. The molecule has 2 heterocycles. The number of hydrogen-bond donors (Lipinski definition) is 1. The zero-order valence-corrected chi connectivity index (χ0v) is 11.1. The van der Waals surface area contributed by atoms with Gasteiger partial charge in [-0.15, -0.1) is 11.3 Å². The molecular weight excluding hydrogens is 220 g/mol. The summed E-state index contributed by atoms with van der Waals surface area (Å²) in [5, 5.41) is 11.6. The Kier molecular flexibility index (Phi) is 3.33. The highest BCUT2D eigenvalue weighted by Gasteiger charge is 2.33. The number of hydrogen-bond acceptors (Lipinski definition) is 4. The van der Waals surface area contributed by atoms with Crippen molar-refractivity contribution in [1.82, 2.24) is 9.88 Å². The molecule has 0 saturated carbocycles. The van der Waals surface area contributed by atoms with E-state index in [-0.39, 0.29) is 0 Å². The van der Waals surface area contributed by atoms with Crippen LogP contribution in [0.3, 0.4) is 0 Å². The first-order valence-corrected chi connectivity index (χ1v) is 6.64. The second-order valence-corrected chi connectivity index (χ2v) is 6.28. The Morgan fingerprint density at radius 3 is 2.81 bits per heavy atom. The topological polar surface area (TPSA) is 36.4 Å². The number of β-amino-alcohol motifs (C(OH)–C–C–N with tert-alkyl or cyclic N) is 1. The lowest BCUT2D eigenvalue weighted by Crippen LogP contribution is -2.47. The first-order chi connectivity index (χ1) is 7.48. The van der Waals surface area contributed by atoms with Crippen LogP contribution in [0.4, 0.5) is 0 Å². The van der Waals surface area contributed by atoms with E-state index < -0.39 is 5.60 Å². The Balaban J connectivity index is 2.07. The van der Waals surface area contributed by atoms with Crippen LogP contribution in [0.2, 0.25) is 0 Å². The van der Waals surface area contributed by atoms with Crippen LogP contribution in [0.15, 0.2) is 0 Å². The molecule has 1 fully saturated rings. The number of likely N-dealkylation sites (N-methyl/N-ethyl adjacent to an activating group) is 1. The van der Waals surface area contributed by atoms with E-state index in [0.29, 0.717) is 6.42 Å². The fraction of sp³-hybridized carbons (Fsp3) is 0.750. The highest BCUT2D eigenvalue weighted by molar-refractivity contribution is 7.11. The van der Waals surface area contributed by atoms with E-state index in [4.69, 9.17) is 0 Å². The maximum Gasteiger partial charge on any atom is 0.0960 e. The van der Waals surface area contributed by atoms with E-state index in [1.165, 1.54) is 4.88 Å². The highest BCUT2D eigenvalue weighted by Crippen LogP contribution is 2.27. The van der Waals surface area contributed by atoms with Crippen LogP contribution >= 0.6 is 11.3 Å². The van der Waals surface area contributed by atoms with Crippen LogP contribution < -0.4 is 0 Å². The second-order valence-electron chi connectivity index (χ2n) is 4.99. The normalized spacial score (nSPS) is 27.2. The highest BCUT2D eigenvalue weighted by atomic mass is 32.1. The second kappa shape index (κ2) is 4.43. The van der Waals surface area contributed by atoms with Gasteiger partial charge in [0, 0.05) is 17.8 Å². The third-order valence-electron chi connectivity index (χ3n) is 3.30. The summed E-state index contributed by atoms with van der Waals surface area (Å²) in [4.78, 5) is 7.99. The lowest BCUT2D eigenvalue weighted by atomic mass is 9.90. The summed E-state index contributed by atoms with van der Waals surface area (Å²) in [6, 6.07) is 0. The molecule has 16 heavy (non-hydrogen) atoms. The minimum absolute atomic E-state index is 0.566. The summed E-state index contributed by atoms with van der Waals surface area (Å²) in [5.74, 6) is 0. The Labute approximate surface area is 101 Å². The number of likely N-dealkylation sites (tertiary alicyclic amines) is 1. The number of aryl methyl sites for hydroxylation is 2. The molecule has 90 valence electrons. The van der Waals surface area contributed by atoms with Crippen LogP contribution in [0, 0.1) is 13.8 Å². The predicted molar refractivity (Wildman–Crippen MR) is 67.0 cm³/mol. The van der Waals surface area contributed by atoms with Gasteiger partial charge in [-0.05, 0) is 40.3 Å². The molecule has 1 N–H and O–H groups in total. The van der Waals surface area contributed by atoms with E-state index in [1.54, 1.807) is 11.3 Å². The standard InChI is InChI=1S/C12H20N2OS/c1-9-10(2)16-11(13-9)7-12(15)5-4-6-14(3)8-12/h15H,4-8H2,1-3H3. The minimum atomic E-state index is -0.566. The predicted octanol–water partition coefficient (Wildman–Crippen LogP) is 1.76. The van der Waals surface area contributed by atoms with Gasteiger partial charge in [0.05, 0.1) is 16.3 Å². The monoisotopic (exact) mass is 240 g/mol. The SMILES string of the molecule is Cc1nc(CC2(O)CCCN(C)C2)sc1C. The van der Waals surface area contributed by atoms with Crippen molar-refractivity contribution >= 4 is 11.3 Å². The van der Waals surface area contributed by atoms with Crippen molar-refractivity contribution in [1.29, 1.82) is 0 Å². The van der Waals surface area contributed by atoms with Gasteiger partial charge < -0.3 is 10.0 Å². The summed E-state index contributed by atoms with van der Waals surface area (Å²) < 4.78 is 0. The Morgan fingerprint density at radius 2 is 2.25 bits per heavy atom. The van der Waals surface area contributed by atoms with Crippen molar-refractivity contribution in [3.63, 3.8) is 0 Å². The van der Waals surface area contributed by atoms with E-state index in [2.05, 4.69) is 23.9 Å². The van der Waals surface area contributed by atoms with Gasteiger partial charge in [-0.3, -0.25) is 0 Å². The molecule has 1 aromatic rings. The molecule has 1 aliphatic rings. The van der Waals surface area contributed by atoms with Crippen molar-refractivity contribution in [3.8, 4) is 0 Å². The van der Waals surface area contributed by atoms with Crippen molar-refractivity contribution in [2.45, 2.75) is 38.7 Å². The molecule has 0 spiro atoms. The molecule has 1 saturated heterocycles. The largest absolute Gasteiger partial charge is 0.388 e. The number of rotatable bonds is 2. The van der Waals surface area contributed by atoms with E-state index >= 15 is 0 Å². The molecule has 1 aliphatic heterocycles. The van der Waals surface area contributed by atoms with Gasteiger partial charge in [-0.25, -0.2) is 4.98 Å².